The van der Waals surface area contributed by atoms with Crippen molar-refractivity contribution in [3.8, 4) is 0 Å². The highest BCUT2D eigenvalue weighted by molar-refractivity contribution is 7.80. The lowest BCUT2D eigenvalue weighted by Gasteiger charge is -2.19. The lowest BCUT2D eigenvalue weighted by Crippen LogP contribution is -2.29. The lowest BCUT2D eigenvalue weighted by atomic mass is 9.95. The fourth-order valence-electron chi connectivity index (χ4n) is 2.53. The predicted octanol–water partition coefficient (Wildman–Crippen LogP) is 3.40. The molecule has 1 aliphatic heterocycles. The first kappa shape index (κ1) is 13.5. The van der Waals surface area contributed by atoms with Crippen LogP contribution >= 0.6 is 12.6 Å². The van der Waals surface area contributed by atoms with Crippen molar-refractivity contribution in [2.24, 2.45) is 11.8 Å². The van der Waals surface area contributed by atoms with E-state index in [1.54, 1.807) is 0 Å². The quantitative estimate of drug-likeness (QED) is 0.811. The maximum absolute atomic E-state index is 12.5. The molecule has 2 rings (SSSR count). The van der Waals surface area contributed by atoms with E-state index >= 15 is 0 Å². The standard InChI is InChI=1S/C15H21NOS/c1-10(2)12-6-7-16(9-12)15(17)14-8-13(18)5-4-11(14)3/h4-5,8,10,12,18H,6-7,9H2,1-3H3. The van der Waals surface area contributed by atoms with Gasteiger partial charge in [-0.25, -0.2) is 0 Å². The number of likely N-dealkylation sites (tertiary alicyclic amines) is 1. The molecule has 98 valence electrons. The Bertz CT molecular complexity index is 456. The van der Waals surface area contributed by atoms with E-state index in [9.17, 15) is 4.79 Å². The summed E-state index contributed by atoms with van der Waals surface area (Å²) >= 11 is 4.32. The highest BCUT2D eigenvalue weighted by atomic mass is 32.1. The molecule has 0 radical (unpaired) electrons. The van der Waals surface area contributed by atoms with Gasteiger partial charge in [0.2, 0.25) is 0 Å². The van der Waals surface area contributed by atoms with Crippen LogP contribution < -0.4 is 0 Å². The number of thiol groups is 1. The summed E-state index contributed by atoms with van der Waals surface area (Å²) in [5, 5.41) is 0. The molecule has 1 aliphatic rings. The fraction of sp³-hybridized carbons (Fsp3) is 0.533. The molecule has 0 N–H and O–H groups in total. The van der Waals surface area contributed by atoms with Gasteiger partial charge in [-0.05, 0) is 42.9 Å². The van der Waals surface area contributed by atoms with E-state index in [2.05, 4.69) is 26.5 Å². The van der Waals surface area contributed by atoms with Gasteiger partial charge in [0.1, 0.15) is 0 Å². The molecule has 0 spiro atoms. The Balaban J connectivity index is 2.15. The smallest absolute Gasteiger partial charge is 0.254 e. The van der Waals surface area contributed by atoms with Gasteiger partial charge in [-0.2, -0.15) is 0 Å². The van der Waals surface area contributed by atoms with Crippen LogP contribution in [0.2, 0.25) is 0 Å². The van der Waals surface area contributed by atoms with E-state index in [1.807, 2.05) is 30.0 Å². The third kappa shape index (κ3) is 2.72. The van der Waals surface area contributed by atoms with Crippen molar-refractivity contribution in [3.05, 3.63) is 29.3 Å². The molecule has 18 heavy (non-hydrogen) atoms. The Morgan fingerprint density at radius 3 is 2.78 bits per heavy atom. The van der Waals surface area contributed by atoms with Crippen LogP contribution in [-0.2, 0) is 0 Å². The molecule has 1 fully saturated rings. The first-order chi connectivity index (χ1) is 8.49. The first-order valence-corrected chi connectivity index (χ1v) is 7.02. The molecule has 0 aliphatic carbocycles. The minimum absolute atomic E-state index is 0.159. The van der Waals surface area contributed by atoms with Crippen molar-refractivity contribution in [3.63, 3.8) is 0 Å². The summed E-state index contributed by atoms with van der Waals surface area (Å²) in [6, 6.07) is 5.77. The topological polar surface area (TPSA) is 20.3 Å². The van der Waals surface area contributed by atoms with Crippen molar-refractivity contribution in [2.45, 2.75) is 32.1 Å². The molecule has 1 saturated heterocycles. The van der Waals surface area contributed by atoms with Gasteiger partial charge in [0.15, 0.2) is 0 Å². The third-order valence-electron chi connectivity index (χ3n) is 3.91. The van der Waals surface area contributed by atoms with Gasteiger partial charge in [-0.1, -0.05) is 19.9 Å². The highest BCUT2D eigenvalue weighted by Gasteiger charge is 2.29. The zero-order chi connectivity index (χ0) is 13.3. The average Bonchev–Trinajstić information content (AvgIpc) is 2.81. The van der Waals surface area contributed by atoms with Crippen molar-refractivity contribution in [1.82, 2.24) is 4.90 Å². The average molecular weight is 263 g/mol. The Kier molecular flexibility index (Phi) is 4.00. The van der Waals surface area contributed by atoms with E-state index < -0.39 is 0 Å². The van der Waals surface area contributed by atoms with Crippen LogP contribution in [0.4, 0.5) is 0 Å². The second-order valence-electron chi connectivity index (χ2n) is 5.54. The van der Waals surface area contributed by atoms with Crippen LogP contribution in [0.3, 0.4) is 0 Å². The SMILES string of the molecule is Cc1ccc(S)cc1C(=O)N1CCC(C(C)C)C1. The predicted molar refractivity (Wildman–Crippen MR) is 77.3 cm³/mol. The Hall–Kier alpha value is -0.960. The molecule has 1 amide bonds. The molecule has 1 aromatic carbocycles. The summed E-state index contributed by atoms with van der Waals surface area (Å²) in [6.07, 6.45) is 1.13. The molecule has 1 unspecified atom stereocenters. The third-order valence-corrected chi connectivity index (χ3v) is 4.18. The molecule has 0 saturated carbocycles. The van der Waals surface area contributed by atoms with Crippen LogP contribution in [0.1, 0.15) is 36.2 Å². The Morgan fingerprint density at radius 2 is 2.17 bits per heavy atom. The number of carbonyl (C=O) groups is 1. The minimum atomic E-state index is 0.159. The summed E-state index contributed by atoms with van der Waals surface area (Å²) in [7, 11) is 0. The molecule has 1 heterocycles. The van der Waals surface area contributed by atoms with Crippen LogP contribution in [0.25, 0.3) is 0 Å². The zero-order valence-corrected chi connectivity index (χ0v) is 12.2. The highest BCUT2D eigenvalue weighted by Crippen LogP contribution is 2.26. The van der Waals surface area contributed by atoms with Gasteiger partial charge in [0.05, 0.1) is 0 Å². The van der Waals surface area contributed by atoms with Crippen molar-refractivity contribution < 1.29 is 4.79 Å². The molecule has 2 nitrogen and oxygen atoms in total. The van der Waals surface area contributed by atoms with Crippen molar-refractivity contribution >= 4 is 18.5 Å². The number of hydrogen-bond donors (Lipinski definition) is 1. The van der Waals surface area contributed by atoms with Crippen LogP contribution in [0, 0.1) is 18.8 Å². The summed E-state index contributed by atoms with van der Waals surface area (Å²) in [4.78, 5) is 15.3. The van der Waals surface area contributed by atoms with Crippen LogP contribution in [0.5, 0.6) is 0 Å². The number of nitrogens with zero attached hydrogens (tertiary/aromatic N) is 1. The Labute approximate surface area is 115 Å². The number of benzene rings is 1. The molecule has 1 atom stereocenters. The first-order valence-electron chi connectivity index (χ1n) is 6.58. The summed E-state index contributed by atoms with van der Waals surface area (Å²) in [5.41, 5.74) is 1.83. The van der Waals surface area contributed by atoms with Gasteiger partial charge in [-0.15, -0.1) is 12.6 Å². The molecular formula is C15H21NOS. The van der Waals surface area contributed by atoms with Crippen molar-refractivity contribution in [2.75, 3.05) is 13.1 Å². The largest absolute Gasteiger partial charge is 0.338 e. The second kappa shape index (κ2) is 5.35. The number of carbonyl (C=O) groups excluding carboxylic acids is 1. The van der Waals surface area contributed by atoms with Gasteiger partial charge >= 0.3 is 0 Å². The summed E-state index contributed by atoms with van der Waals surface area (Å²) in [6.45, 7) is 8.23. The van der Waals surface area contributed by atoms with Gasteiger partial charge in [-0.3, -0.25) is 4.79 Å². The van der Waals surface area contributed by atoms with E-state index in [-0.39, 0.29) is 5.91 Å². The maximum Gasteiger partial charge on any atom is 0.254 e. The van der Waals surface area contributed by atoms with Crippen LogP contribution in [-0.4, -0.2) is 23.9 Å². The molecule has 0 bridgehead atoms. The summed E-state index contributed by atoms with van der Waals surface area (Å²) in [5.74, 6) is 1.46. The zero-order valence-electron chi connectivity index (χ0n) is 11.3. The van der Waals surface area contributed by atoms with E-state index in [0.717, 1.165) is 35.5 Å². The van der Waals surface area contributed by atoms with Crippen molar-refractivity contribution in [1.29, 1.82) is 0 Å². The Morgan fingerprint density at radius 1 is 1.44 bits per heavy atom. The van der Waals surface area contributed by atoms with E-state index in [4.69, 9.17) is 0 Å². The summed E-state index contributed by atoms with van der Waals surface area (Å²) < 4.78 is 0. The minimum Gasteiger partial charge on any atom is -0.338 e. The van der Waals surface area contributed by atoms with Crippen LogP contribution in [0.15, 0.2) is 23.1 Å². The number of aryl methyl sites for hydroxylation is 1. The molecule has 3 heteroatoms. The maximum atomic E-state index is 12.5. The number of rotatable bonds is 2. The monoisotopic (exact) mass is 263 g/mol. The van der Waals surface area contributed by atoms with Gasteiger partial charge in [0, 0.05) is 23.5 Å². The molecule has 1 aromatic rings. The normalized spacial score (nSPS) is 19.6. The second-order valence-corrected chi connectivity index (χ2v) is 6.06. The van der Waals surface area contributed by atoms with E-state index in [0.29, 0.717) is 11.8 Å². The van der Waals surface area contributed by atoms with E-state index in [1.165, 1.54) is 0 Å². The molecule has 0 aromatic heterocycles. The van der Waals surface area contributed by atoms with Gasteiger partial charge < -0.3 is 4.90 Å². The molecular weight excluding hydrogens is 242 g/mol. The fourth-order valence-corrected chi connectivity index (χ4v) is 2.73. The number of hydrogen-bond acceptors (Lipinski definition) is 2. The number of amides is 1. The lowest BCUT2D eigenvalue weighted by molar-refractivity contribution is 0.0783. The van der Waals surface area contributed by atoms with Gasteiger partial charge in [0.25, 0.3) is 5.91 Å².